The monoisotopic (exact) mass is 414 g/mol. The molecule has 1 fully saturated rings. The van der Waals surface area contributed by atoms with Crippen molar-refractivity contribution in [2.45, 2.75) is 21.8 Å². The second-order valence-electron chi connectivity index (χ2n) is 4.89. The predicted octanol–water partition coefficient (Wildman–Crippen LogP) is 3.16. The molecule has 0 bridgehead atoms. The number of nitrogens with one attached hydrogen (secondary N) is 2. The van der Waals surface area contributed by atoms with Gasteiger partial charge in [0.15, 0.2) is 4.34 Å². The summed E-state index contributed by atoms with van der Waals surface area (Å²) in [5, 5.41) is 12.6. The number of hydrogen-bond donors (Lipinski definition) is 2. The van der Waals surface area contributed by atoms with Crippen molar-refractivity contribution in [1.82, 2.24) is 15.5 Å². The van der Waals surface area contributed by atoms with Crippen molar-refractivity contribution in [1.29, 1.82) is 0 Å². The van der Waals surface area contributed by atoms with Gasteiger partial charge in [0, 0.05) is 17.2 Å². The van der Waals surface area contributed by atoms with Gasteiger partial charge in [0.2, 0.25) is 16.9 Å². The third-order valence-electron chi connectivity index (χ3n) is 3.10. The average molecular weight is 415 g/mol. The Labute approximate surface area is 160 Å². The molecule has 0 aliphatic carbocycles. The van der Waals surface area contributed by atoms with Crippen LogP contribution < -0.4 is 10.6 Å². The minimum atomic E-state index is -0.700. The molecule has 2 heterocycles. The predicted molar refractivity (Wildman–Crippen MR) is 99.1 cm³/mol. The van der Waals surface area contributed by atoms with Gasteiger partial charge in [0.05, 0.1) is 0 Å². The summed E-state index contributed by atoms with van der Waals surface area (Å²) in [6, 6.07) is 7.54. The molecule has 2 aromatic rings. The summed E-state index contributed by atoms with van der Waals surface area (Å²) in [5.74, 6) is -0.192. The summed E-state index contributed by atoms with van der Waals surface area (Å²) in [6.07, 6.45) is -0.0933. The highest BCUT2D eigenvalue weighted by Crippen LogP contribution is 2.30. The van der Waals surface area contributed by atoms with Gasteiger partial charge < -0.3 is 5.32 Å². The van der Waals surface area contributed by atoms with E-state index < -0.39 is 16.4 Å². The summed E-state index contributed by atoms with van der Waals surface area (Å²) < 4.78 is 0.693. The number of nitrogens with zero attached hydrogens (tertiary/aromatic N) is 2. The maximum absolute atomic E-state index is 12.0. The van der Waals surface area contributed by atoms with Crippen molar-refractivity contribution in [3.63, 3.8) is 0 Å². The van der Waals surface area contributed by atoms with Crippen molar-refractivity contribution in [3.8, 4) is 0 Å². The first kappa shape index (κ1) is 18.2. The number of benzene rings is 1. The Morgan fingerprint density at radius 3 is 2.84 bits per heavy atom. The summed E-state index contributed by atoms with van der Waals surface area (Å²) in [4.78, 5) is 34.5. The maximum Gasteiger partial charge on any atom is 0.286 e. The van der Waals surface area contributed by atoms with Gasteiger partial charge >= 0.3 is 0 Å². The van der Waals surface area contributed by atoms with Crippen LogP contribution in [0.15, 0.2) is 28.6 Å². The van der Waals surface area contributed by atoms with E-state index in [9.17, 15) is 14.4 Å². The number of halogens is 1. The van der Waals surface area contributed by atoms with Crippen molar-refractivity contribution in [2.24, 2.45) is 0 Å². The van der Waals surface area contributed by atoms with Gasteiger partial charge in [-0.15, -0.1) is 10.2 Å². The van der Waals surface area contributed by atoms with Crippen LogP contribution in [0.2, 0.25) is 5.02 Å². The fraction of sp³-hybridized carbons (Fsp3) is 0.214. The van der Waals surface area contributed by atoms with E-state index >= 15 is 0 Å². The Bertz CT molecular complexity index is 829. The molecule has 0 radical (unpaired) electrons. The average Bonchev–Trinajstić information content (AvgIpc) is 3.13. The molecule has 25 heavy (non-hydrogen) atoms. The number of thioether (sulfide) groups is 2. The molecule has 7 nitrogen and oxygen atoms in total. The highest BCUT2D eigenvalue weighted by molar-refractivity contribution is 8.15. The zero-order valence-corrected chi connectivity index (χ0v) is 15.7. The number of carbonyl (C=O) groups excluding carboxylic acids is 3. The van der Waals surface area contributed by atoms with Crippen LogP contribution >= 0.6 is 46.5 Å². The molecule has 1 aliphatic rings. The molecule has 1 saturated heterocycles. The van der Waals surface area contributed by atoms with Gasteiger partial charge in [-0.2, -0.15) is 0 Å². The molecule has 0 spiro atoms. The Balaban J connectivity index is 1.51. The highest BCUT2D eigenvalue weighted by atomic mass is 35.5. The van der Waals surface area contributed by atoms with Crippen molar-refractivity contribution >= 4 is 68.6 Å². The van der Waals surface area contributed by atoms with Crippen LogP contribution in [0.5, 0.6) is 0 Å². The molecule has 1 aliphatic heterocycles. The maximum atomic E-state index is 12.0. The lowest BCUT2D eigenvalue weighted by molar-refractivity contribution is -0.122. The third-order valence-corrected chi connectivity index (χ3v) is 6.47. The van der Waals surface area contributed by atoms with E-state index in [0.717, 1.165) is 17.3 Å². The zero-order valence-electron chi connectivity index (χ0n) is 12.5. The standard InChI is InChI=1S/C14H11ClN4O3S3/c15-8-4-2-1-3-7(8)6-23-14-19-18-12(25-14)16-10(20)5-9-11(21)17-13(22)24-9/h1-4,9H,5-6H2,(H,16,18,20)(H,17,21,22). The SMILES string of the molecule is O=C(CC1SC(=O)NC1=O)Nc1nnc(SCc2ccccc2Cl)s1. The van der Waals surface area contributed by atoms with E-state index in [0.29, 0.717) is 20.2 Å². The molecule has 1 aromatic carbocycles. The summed E-state index contributed by atoms with van der Waals surface area (Å²) in [7, 11) is 0. The Hall–Kier alpha value is -1.62. The minimum absolute atomic E-state index is 0.0933. The van der Waals surface area contributed by atoms with E-state index in [2.05, 4.69) is 20.8 Å². The van der Waals surface area contributed by atoms with Crippen LogP contribution in [-0.2, 0) is 15.3 Å². The van der Waals surface area contributed by atoms with Gasteiger partial charge in [-0.1, -0.05) is 64.7 Å². The molecule has 3 amide bonds. The molecule has 1 aromatic heterocycles. The topological polar surface area (TPSA) is 101 Å². The number of hydrogen-bond acceptors (Lipinski definition) is 8. The summed E-state index contributed by atoms with van der Waals surface area (Å²) in [5.41, 5.74) is 0.990. The number of amides is 3. The van der Waals surface area contributed by atoms with Crippen LogP contribution in [0.3, 0.4) is 0 Å². The van der Waals surface area contributed by atoms with E-state index in [1.54, 1.807) is 0 Å². The number of anilines is 1. The van der Waals surface area contributed by atoms with E-state index in [1.807, 2.05) is 24.3 Å². The normalized spacial score (nSPS) is 16.8. The fourth-order valence-electron chi connectivity index (χ4n) is 1.94. The minimum Gasteiger partial charge on any atom is -0.300 e. The van der Waals surface area contributed by atoms with Gasteiger partial charge in [0.25, 0.3) is 5.24 Å². The summed E-state index contributed by atoms with van der Waals surface area (Å²) in [6.45, 7) is 0. The molecule has 130 valence electrons. The molecule has 3 rings (SSSR count). The van der Waals surface area contributed by atoms with Crippen LogP contribution in [0.1, 0.15) is 12.0 Å². The lowest BCUT2D eigenvalue weighted by atomic mass is 10.2. The van der Waals surface area contributed by atoms with Crippen LogP contribution in [0.4, 0.5) is 9.93 Å². The fourth-order valence-corrected chi connectivity index (χ4v) is 4.81. The van der Waals surface area contributed by atoms with Crippen molar-refractivity contribution in [2.75, 3.05) is 5.32 Å². The third kappa shape index (κ3) is 4.94. The highest BCUT2D eigenvalue weighted by Gasteiger charge is 2.33. The second-order valence-corrected chi connectivity index (χ2v) is 8.67. The number of rotatable bonds is 6. The largest absolute Gasteiger partial charge is 0.300 e. The van der Waals surface area contributed by atoms with E-state index in [-0.39, 0.29) is 12.3 Å². The van der Waals surface area contributed by atoms with Gasteiger partial charge in [0.1, 0.15) is 5.25 Å². The van der Waals surface area contributed by atoms with Crippen LogP contribution in [-0.4, -0.2) is 32.5 Å². The lowest BCUT2D eigenvalue weighted by Gasteiger charge is -2.03. The lowest BCUT2D eigenvalue weighted by Crippen LogP contribution is -2.27. The van der Waals surface area contributed by atoms with Crippen LogP contribution in [0.25, 0.3) is 0 Å². The van der Waals surface area contributed by atoms with Crippen molar-refractivity contribution < 1.29 is 14.4 Å². The second kappa shape index (κ2) is 8.17. The first-order chi connectivity index (χ1) is 12.0. The first-order valence-electron chi connectivity index (χ1n) is 7.02. The molecule has 1 unspecified atom stereocenters. The van der Waals surface area contributed by atoms with Gasteiger partial charge in [-0.05, 0) is 11.6 Å². The molecule has 1 atom stereocenters. The van der Waals surface area contributed by atoms with Crippen LogP contribution in [0, 0.1) is 0 Å². The van der Waals surface area contributed by atoms with E-state index in [1.165, 1.54) is 23.1 Å². The smallest absolute Gasteiger partial charge is 0.286 e. The molecule has 0 saturated carbocycles. The summed E-state index contributed by atoms with van der Waals surface area (Å²) >= 11 is 9.62. The first-order valence-corrected chi connectivity index (χ1v) is 10.1. The Morgan fingerprint density at radius 1 is 1.32 bits per heavy atom. The Morgan fingerprint density at radius 2 is 2.12 bits per heavy atom. The van der Waals surface area contributed by atoms with E-state index in [4.69, 9.17) is 11.6 Å². The van der Waals surface area contributed by atoms with Gasteiger partial charge in [-0.3, -0.25) is 19.7 Å². The van der Waals surface area contributed by atoms with Gasteiger partial charge in [-0.25, -0.2) is 0 Å². The van der Waals surface area contributed by atoms with Crippen molar-refractivity contribution in [3.05, 3.63) is 34.9 Å². The molecular weight excluding hydrogens is 404 g/mol. The molecule has 2 N–H and O–H groups in total. The number of carbonyl (C=O) groups is 3. The Kier molecular flexibility index (Phi) is 5.94. The number of aromatic nitrogens is 2. The quantitative estimate of drug-likeness (QED) is 0.553. The number of imide groups is 1. The molecule has 11 heteroatoms. The molecular formula is C14H11ClN4O3S3. The zero-order chi connectivity index (χ0) is 17.8.